The number of rotatable bonds is 3. The topological polar surface area (TPSA) is 6.48 Å². The van der Waals surface area contributed by atoms with Crippen LogP contribution in [0.1, 0.15) is 136 Å². The van der Waals surface area contributed by atoms with Crippen molar-refractivity contribution >= 4 is 57.2 Å². The molecule has 0 bridgehead atoms. The summed E-state index contributed by atoms with van der Waals surface area (Å²) in [6.07, 6.45) is 2.19. The Morgan fingerprint density at radius 1 is 0.459 bits per heavy atom. The number of hydrogen-bond acceptors (Lipinski definition) is 2. The van der Waals surface area contributed by atoms with Gasteiger partial charge in [0.05, 0.1) is 5.69 Å². The van der Waals surface area contributed by atoms with Gasteiger partial charge in [-0.05, 0) is 156 Å². The van der Waals surface area contributed by atoms with Crippen LogP contribution in [0.3, 0.4) is 0 Å². The van der Waals surface area contributed by atoms with Gasteiger partial charge in [-0.2, -0.15) is 0 Å². The Kier molecular flexibility index (Phi) is 9.31. The molecule has 0 radical (unpaired) electrons. The Balaban J connectivity index is 1.38. The van der Waals surface area contributed by atoms with Crippen LogP contribution in [0.4, 0.5) is 34.1 Å². The van der Waals surface area contributed by atoms with Gasteiger partial charge in [0.15, 0.2) is 0 Å². The Hall–Kier alpha value is -5.02. The van der Waals surface area contributed by atoms with Crippen LogP contribution in [0.5, 0.6) is 0 Å². The zero-order valence-corrected chi connectivity index (χ0v) is 39.8. The van der Waals surface area contributed by atoms with Crippen molar-refractivity contribution in [1.82, 2.24) is 0 Å². The number of benzene rings is 6. The van der Waals surface area contributed by atoms with Gasteiger partial charge in [0, 0.05) is 34.0 Å². The van der Waals surface area contributed by atoms with Crippen molar-refractivity contribution in [3.63, 3.8) is 0 Å². The van der Waals surface area contributed by atoms with Crippen molar-refractivity contribution < 1.29 is 0 Å². The van der Waals surface area contributed by atoms with E-state index in [4.69, 9.17) is 0 Å². The van der Waals surface area contributed by atoms with Crippen LogP contribution in [-0.4, -0.2) is 6.71 Å². The minimum Gasteiger partial charge on any atom is -0.311 e. The molecule has 0 spiro atoms. The van der Waals surface area contributed by atoms with E-state index < -0.39 is 0 Å². The molecule has 61 heavy (non-hydrogen) atoms. The standard InChI is InChI=1S/C58H67BN2/c1-36-27-51-53-52(28-36)61(48-26-24-42(56(8,9)10)32-45(48)37-19-21-40(22-20-37)54(2,3)4)49-30-39-35-58(14,15)34-38(39)29-47(49)59(53)46-25-23-43(57(11,12)13)33-50(46)60(51)44-18-16-17-41(31-44)55(5,6)7/h16-33H,34-35H2,1-15H3. The van der Waals surface area contributed by atoms with Gasteiger partial charge in [-0.15, -0.1) is 0 Å². The van der Waals surface area contributed by atoms with Crippen molar-refractivity contribution in [2.75, 3.05) is 9.80 Å². The van der Waals surface area contributed by atoms with E-state index >= 15 is 0 Å². The third-order valence-corrected chi connectivity index (χ3v) is 13.9. The van der Waals surface area contributed by atoms with Crippen molar-refractivity contribution in [2.45, 2.75) is 138 Å². The second-order valence-corrected chi connectivity index (χ2v) is 23.7. The summed E-state index contributed by atoms with van der Waals surface area (Å²) in [5.74, 6) is 0. The predicted molar refractivity (Wildman–Crippen MR) is 267 cm³/mol. The quantitative estimate of drug-likeness (QED) is 0.164. The lowest BCUT2D eigenvalue weighted by Crippen LogP contribution is -2.61. The zero-order valence-electron chi connectivity index (χ0n) is 39.8. The molecule has 3 aliphatic rings. The molecule has 0 saturated carbocycles. The van der Waals surface area contributed by atoms with Crippen molar-refractivity contribution in [1.29, 1.82) is 0 Å². The van der Waals surface area contributed by atoms with E-state index in [0.29, 0.717) is 0 Å². The van der Waals surface area contributed by atoms with E-state index in [0.717, 1.165) is 12.8 Å². The summed E-state index contributed by atoms with van der Waals surface area (Å²) in [5.41, 5.74) is 24.3. The molecule has 2 aliphatic heterocycles. The van der Waals surface area contributed by atoms with Crippen LogP contribution in [0.25, 0.3) is 11.1 Å². The summed E-state index contributed by atoms with van der Waals surface area (Å²) >= 11 is 0. The van der Waals surface area contributed by atoms with Crippen LogP contribution in [0.15, 0.2) is 109 Å². The molecule has 1 aliphatic carbocycles. The Labute approximate surface area is 368 Å². The van der Waals surface area contributed by atoms with E-state index in [1.807, 2.05) is 0 Å². The second kappa shape index (κ2) is 13.7. The van der Waals surface area contributed by atoms with Crippen LogP contribution in [-0.2, 0) is 34.5 Å². The average molecular weight is 803 g/mol. The van der Waals surface area contributed by atoms with E-state index in [1.165, 1.54) is 101 Å². The number of aryl methyl sites for hydroxylation is 1. The van der Waals surface area contributed by atoms with Gasteiger partial charge in [0.25, 0.3) is 6.71 Å². The summed E-state index contributed by atoms with van der Waals surface area (Å²) < 4.78 is 0. The van der Waals surface area contributed by atoms with Crippen molar-refractivity contribution in [2.24, 2.45) is 5.41 Å². The third-order valence-electron chi connectivity index (χ3n) is 13.9. The monoisotopic (exact) mass is 803 g/mol. The van der Waals surface area contributed by atoms with Gasteiger partial charge in [-0.3, -0.25) is 0 Å². The fraction of sp³-hybridized carbons (Fsp3) is 0.379. The van der Waals surface area contributed by atoms with Gasteiger partial charge >= 0.3 is 0 Å². The highest BCUT2D eigenvalue weighted by Gasteiger charge is 2.45. The summed E-state index contributed by atoms with van der Waals surface area (Å²) in [5, 5.41) is 0. The van der Waals surface area contributed by atoms with E-state index in [1.54, 1.807) is 0 Å². The first-order valence-electron chi connectivity index (χ1n) is 22.8. The Bertz CT molecular complexity index is 2720. The lowest BCUT2D eigenvalue weighted by atomic mass is 9.33. The van der Waals surface area contributed by atoms with Crippen LogP contribution in [0, 0.1) is 12.3 Å². The molecular formula is C58H67BN2. The zero-order chi connectivity index (χ0) is 43.8. The third kappa shape index (κ3) is 7.15. The van der Waals surface area contributed by atoms with Gasteiger partial charge in [0.2, 0.25) is 0 Å². The highest BCUT2D eigenvalue weighted by molar-refractivity contribution is 7.00. The molecule has 3 heteroatoms. The number of fused-ring (bicyclic) bond motifs is 5. The number of nitrogens with zero attached hydrogens (tertiary/aromatic N) is 2. The van der Waals surface area contributed by atoms with Crippen LogP contribution < -0.4 is 26.2 Å². The maximum Gasteiger partial charge on any atom is 0.252 e. The molecule has 0 unspecified atom stereocenters. The van der Waals surface area contributed by atoms with Gasteiger partial charge < -0.3 is 9.80 Å². The van der Waals surface area contributed by atoms with Crippen LogP contribution >= 0.6 is 0 Å². The predicted octanol–water partition coefficient (Wildman–Crippen LogP) is 14.1. The molecule has 9 rings (SSSR count). The van der Waals surface area contributed by atoms with Crippen molar-refractivity contribution in [3.8, 4) is 11.1 Å². The van der Waals surface area contributed by atoms with Gasteiger partial charge in [0.1, 0.15) is 0 Å². The minimum absolute atomic E-state index is 0.000376. The van der Waals surface area contributed by atoms with E-state index in [2.05, 4.69) is 223 Å². The molecule has 6 aromatic rings. The first-order chi connectivity index (χ1) is 28.4. The van der Waals surface area contributed by atoms with Crippen molar-refractivity contribution in [3.05, 3.63) is 148 Å². The maximum absolute atomic E-state index is 2.67. The highest BCUT2D eigenvalue weighted by atomic mass is 15.2. The molecule has 6 aromatic carbocycles. The summed E-state index contributed by atoms with van der Waals surface area (Å²) in [6, 6.07) is 43.6. The molecule has 0 aromatic heterocycles. The largest absolute Gasteiger partial charge is 0.311 e. The van der Waals surface area contributed by atoms with Gasteiger partial charge in [-0.1, -0.05) is 158 Å². The molecule has 0 atom stereocenters. The lowest BCUT2D eigenvalue weighted by Gasteiger charge is -2.45. The number of hydrogen-bond donors (Lipinski definition) is 0. The minimum atomic E-state index is -0.00382. The fourth-order valence-corrected chi connectivity index (χ4v) is 10.4. The molecule has 2 nitrogen and oxygen atoms in total. The van der Waals surface area contributed by atoms with E-state index in [-0.39, 0.29) is 33.8 Å². The number of anilines is 6. The second-order valence-electron chi connectivity index (χ2n) is 23.7. The average Bonchev–Trinajstić information content (AvgIpc) is 3.47. The smallest absolute Gasteiger partial charge is 0.252 e. The SMILES string of the molecule is Cc1cc2c3c(c1)N(c1ccc(C(C)(C)C)cc1-c1ccc(C(C)(C)C)cc1)c1cc4c(cc1B3c1ccc(C(C)(C)C)cc1N2c1cccc(C(C)(C)C)c1)CC(C)(C)C4. The molecular weight excluding hydrogens is 735 g/mol. The summed E-state index contributed by atoms with van der Waals surface area (Å²) in [4.78, 5) is 5.28. The molecule has 0 amide bonds. The molecule has 2 heterocycles. The molecule has 312 valence electrons. The molecule has 0 fully saturated rings. The molecule has 0 N–H and O–H groups in total. The van der Waals surface area contributed by atoms with E-state index in [9.17, 15) is 0 Å². The van der Waals surface area contributed by atoms with Gasteiger partial charge in [-0.25, -0.2) is 0 Å². The van der Waals surface area contributed by atoms with Crippen LogP contribution in [0.2, 0.25) is 0 Å². The highest BCUT2D eigenvalue weighted by Crippen LogP contribution is 2.50. The summed E-state index contributed by atoms with van der Waals surface area (Å²) in [7, 11) is 0. The fourth-order valence-electron chi connectivity index (χ4n) is 10.4. The normalized spacial score (nSPS) is 15.7. The first-order valence-corrected chi connectivity index (χ1v) is 22.8. The maximum atomic E-state index is 2.67. The lowest BCUT2D eigenvalue weighted by molar-refractivity contribution is 0.392. The molecule has 0 saturated heterocycles. The Morgan fingerprint density at radius 3 is 1.61 bits per heavy atom. The Morgan fingerprint density at radius 2 is 0.984 bits per heavy atom. The first kappa shape index (κ1) is 41.3. The summed E-state index contributed by atoms with van der Waals surface area (Å²) in [6.45, 7) is 35.2.